The molecule has 7 heteroatoms. The van der Waals surface area contributed by atoms with Gasteiger partial charge in [-0.25, -0.2) is 0 Å². The van der Waals surface area contributed by atoms with Crippen LogP contribution in [-0.2, 0) is 4.74 Å². The number of hydrogen-bond acceptors (Lipinski definition) is 4. The first kappa shape index (κ1) is 23.6. The number of benzene rings is 1. The Balaban J connectivity index is 0.00000256. The van der Waals surface area contributed by atoms with E-state index in [0.29, 0.717) is 18.2 Å². The van der Waals surface area contributed by atoms with Gasteiger partial charge in [0.2, 0.25) is 0 Å². The van der Waals surface area contributed by atoms with Crippen LogP contribution in [0.3, 0.4) is 0 Å². The zero-order chi connectivity index (χ0) is 20.2. The summed E-state index contributed by atoms with van der Waals surface area (Å²) in [7, 11) is 0. The van der Waals surface area contributed by atoms with Crippen molar-refractivity contribution in [3.05, 3.63) is 29.3 Å². The van der Waals surface area contributed by atoms with Crippen molar-refractivity contribution >= 4 is 35.6 Å². The Bertz CT molecular complexity index is 720. The van der Waals surface area contributed by atoms with E-state index in [1.165, 1.54) is 29.7 Å². The lowest BCUT2D eigenvalue weighted by Gasteiger charge is -2.36. The van der Waals surface area contributed by atoms with E-state index in [-0.39, 0.29) is 24.0 Å². The number of halogens is 1. The molecule has 6 nitrogen and oxygen atoms in total. The molecule has 2 bridgehead atoms. The number of guanidine groups is 1. The van der Waals surface area contributed by atoms with E-state index in [1.807, 2.05) is 0 Å². The van der Waals surface area contributed by atoms with Gasteiger partial charge in [0.25, 0.3) is 0 Å². The molecule has 3 saturated heterocycles. The third-order valence-electron chi connectivity index (χ3n) is 6.75. The summed E-state index contributed by atoms with van der Waals surface area (Å²) in [6.07, 6.45) is 4.38. The monoisotopic (exact) mass is 527 g/mol. The Morgan fingerprint density at radius 1 is 1.17 bits per heavy atom. The second kappa shape index (κ2) is 11.0. The molecule has 1 aromatic carbocycles. The van der Waals surface area contributed by atoms with Crippen molar-refractivity contribution in [3.63, 3.8) is 0 Å². The predicted molar refractivity (Wildman–Crippen MR) is 135 cm³/mol. The molecule has 0 saturated carbocycles. The number of fused-ring (bicyclic) bond motifs is 2. The minimum Gasteiger partial charge on any atom is -0.373 e. The van der Waals surface area contributed by atoms with Crippen molar-refractivity contribution in [2.75, 3.05) is 50.7 Å². The number of ether oxygens (including phenoxy) is 1. The van der Waals surface area contributed by atoms with Crippen molar-refractivity contribution in [1.82, 2.24) is 15.5 Å². The molecular formula is C23H38IN5O. The Morgan fingerprint density at radius 3 is 2.63 bits per heavy atom. The fourth-order valence-electron chi connectivity index (χ4n) is 4.88. The zero-order valence-electron chi connectivity index (χ0n) is 18.7. The van der Waals surface area contributed by atoms with Gasteiger partial charge in [0, 0.05) is 45.0 Å². The third kappa shape index (κ3) is 5.59. The molecule has 0 radical (unpaired) electrons. The van der Waals surface area contributed by atoms with Gasteiger partial charge in [-0.1, -0.05) is 12.1 Å². The van der Waals surface area contributed by atoms with Gasteiger partial charge in [-0.15, -0.1) is 24.0 Å². The third-order valence-corrected chi connectivity index (χ3v) is 6.75. The summed E-state index contributed by atoms with van der Waals surface area (Å²) in [6.45, 7) is 13.7. The lowest BCUT2D eigenvalue weighted by atomic mass is 9.96. The van der Waals surface area contributed by atoms with E-state index < -0.39 is 0 Å². The van der Waals surface area contributed by atoms with Gasteiger partial charge in [0.1, 0.15) is 0 Å². The number of hydrogen-bond donors (Lipinski definition) is 2. The van der Waals surface area contributed by atoms with Crippen molar-refractivity contribution < 1.29 is 4.74 Å². The topological polar surface area (TPSA) is 52.1 Å². The van der Waals surface area contributed by atoms with Crippen molar-refractivity contribution in [1.29, 1.82) is 0 Å². The molecule has 3 aliphatic heterocycles. The van der Waals surface area contributed by atoms with Gasteiger partial charge >= 0.3 is 0 Å². The number of piperazine rings is 1. The summed E-state index contributed by atoms with van der Waals surface area (Å²) in [5.41, 5.74) is 4.19. The molecule has 0 amide bonds. The van der Waals surface area contributed by atoms with E-state index in [4.69, 9.17) is 9.73 Å². The highest BCUT2D eigenvalue weighted by atomic mass is 127. The second-order valence-electron chi connectivity index (χ2n) is 8.67. The highest BCUT2D eigenvalue weighted by Crippen LogP contribution is 2.34. The van der Waals surface area contributed by atoms with Crippen LogP contribution in [-0.4, -0.2) is 74.9 Å². The summed E-state index contributed by atoms with van der Waals surface area (Å²) in [4.78, 5) is 9.91. The summed E-state index contributed by atoms with van der Waals surface area (Å²) < 4.78 is 5.97. The maximum Gasteiger partial charge on any atom is 0.191 e. The highest BCUT2D eigenvalue weighted by molar-refractivity contribution is 14.0. The molecule has 3 unspecified atom stereocenters. The van der Waals surface area contributed by atoms with Crippen LogP contribution in [0.15, 0.2) is 23.2 Å². The molecule has 0 aliphatic carbocycles. The molecule has 1 aromatic rings. The normalized spacial score (nSPS) is 26.6. The summed E-state index contributed by atoms with van der Waals surface area (Å²) >= 11 is 0. The average molecular weight is 527 g/mol. The molecule has 4 rings (SSSR count). The Labute approximate surface area is 198 Å². The molecule has 0 spiro atoms. The van der Waals surface area contributed by atoms with Gasteiger partial charge in [-0.2, -0.15) is 0 Å². The number of nitrogens with one attached hydrogen (secondary N) is 2. The van der Waals surface area contributed by atoms with Gasteiger partial charge in [0.05, 0.1) is 24.8 Å². The van der Waals surface area contributed by atoms with E-state index >= 15 is 0 Å². The van der Waals surface area contributed by atoms with Gasteiger partial charge in [-0.05, 0) is 57.2 Å². The van der Waals surface area contributed by atoms with E-state index in [2.05, 4.69) is 59.4 Å². The Morgan fingerprint density at radius 2 is 1.97 bits per heavy atom. The van der Waals surface area contributed by atoms with Crippen molar-refractivity contribution in [2.24, 2.45) is 4.99 Å². The van der Waals surface area contributed by atoms with Crippen LogP contribution in [0.25, 0.3) is 0 Å². The Hall–Kier alpha value is -1.06. The van der Waals surface area contributed by atoms with Crippen LogP contribution >= 0.6 is 24.0 Å². The number of nitrogens with zero attached hydrogens (tertiary/aromatic N) is 3. The lowest BCUT2D eigenvalue weighted by molar-refractivity contribution is 0.0992. The van der Waals surface area contributed by atoms with E-state index in [9.17, 15) is 0 Å². The summed E-state index contributed by atoms with van der Waals surface area (Å²) in [6, 6.07) is 7.06. The molecule has 3 atom stereocenters. The molecule has 30 heavy (non-hydrogen) atoms. The van der Waals surface area contributed by atoms with Crippen molar-refractivity contribution in [3.8, 4) is 0 Å². The lowest BCUT2D eigenvalue weighted by Crippen LogP contribution is -2.48. The largest absolute Gasteiger partial charge is 0.373 e. The van der Waals surface area contributed by atoms with Gasteiger partial charge in [0.15, 0.2) is 5.96 Å². The highest BCUT2D eigenvalue weighted by Gasteiger charge is 2.41. The summed E-state index contributed by atoms with van der Waals surface area (Å²) in [5.74, 6) is 0.947. The smallest absolute Gasteiger partial charge is 0.191 e. The van der Waals surface area contributed by atoms with Gasteiger partial charge in [-0.3, -0.25) is 9.89 Å². The van der Waals surface area contributed by atoms with Crippen LogP contribution in [0.4, 0.5) is 5.69 Å². The molecular weight excluding hydrogens is 489 g/mol. The van der Waals surface area contributed by atoms with E-state index in [0.717, 1.165) is 58.2 Å². The van der Waals surface area contributed by atoms with Gasteiger partial charge < -0.3 is 20.3 Å². The van der Waals surface area contributed by atoms with Crippen molar-refractivity contribution in [2.45, 2.75) is 58.3 Å². The molecule has 3 fully saturated rings. The minimum absolute atomic E-state index is 0. The average Bonchev–Trinajstić information content (AvgIpc) is 3.34. The molecule has 3 aliphatic rings. The standard InChI is InChI=1S/C23H37N5O.HI/c1-4-24-23(26-20-16-19-8-9-22(20)29-19)25-10-11-27-12-14-28(15-13-27)21-7-5-6-17(2)18(21)3;/h5-7,19-20,22H,4,8-16H2,1-3H3,(H2,24,25,26);1H. The zero-order valence-corrected chi connectivity index (χ0v) is 21.0. The van der Waals surface area contributed by atoms with Crippen LogP contribution in [0.1, 0.15) is 37.3 Å². The first-order chi connectivity index (χ1) is 14.1. The maximum absolute atomic E-state index is 5.97. The molecule has 3 heterocycles. The number of anilines is 1. The van der Waals surface area contributed by atoms with Crippen LogP contribution in [0, 0.1) is 13.8 Å². The fourth-order valence-corrected chi connectivity index (χ4v) is 4.88. The predicted octanol–water partition coefficient (Wildman–Crippen LogP) is 2.92. The van der Waals surface area contributed by atoms with Crippen LogP contribution in [0.5, 0.6) is 0 Å². The number of aliphatic imine (C=N–C) groups is 1. The number of rotatable bonds is 6. The number of aryl methyl sites for hydroxylation is 1. The maximum atomic E-state index is 5.97. The first-order valence-corrected chi connectivity index (χ1v) is 11.4. The summed E-state index contributed by atoms with van der Waals surface area (Å²) in [5, 5.41) is 7.02. The van der Waals surface area contributed by atoms with Crippen LogP contribution < -0.4 is 15.5 Å². The quantitative estimate of drug-likeness (QED) is 0.339. The van der Waals surface area contributed by atoms with E-state index in [1.54, 1.807) is 0 Å². The molecule has 2 N–H and O–H groups in total. The SMILES string of the molecule is CCNC(=NCCN1CCN(c2cccc(C)c2C)CC1)NC1CC2CCC1O2.I. The first-order valence-electron chi connectivity index (χ1n) is 11.4. The minimum atomic E-state index is 0. The molecule has 168 valence electrons. The Kier molecular flexibility index (Phi) is 8.65. The molecule has 0 aromatic heterocycles. The second-order valence-corrected chi connectivity index (χ2v) is 8.67. The fraction of sp³-hybridized carbons (Fsp3) is 0.696. The van der Waals surface area contributed by atoms with Crippen LogP contribution in [0.2, 0.25) is 0 Å².